The maximum atomic E-state index is 13.0. The van der Waals surface area contributed by atoms with Gasteiger partial charge in [0.25, 0.3) is 5.91 Å². The van der Waals surface area contributed by atoms with Crippen molar-refractivity contribution in [2.24, 2.45) is 5.41 Å². The Kier molecular flexibility index (Phi) is 3.79. The molecule has 0 radical (unpaired) electrons. The van der Waals surface area contributed by atoms with Gasteiger partial charge in [0.1, 0.15) is 5.82 Å². The van der Waals surface area contributed by atoms with E-state index in [2.05, 4.69) is 0 Å². The highest BCUT2D eigenvalue weighted by Crippen LogP contribution is 2.42. The monoisotopic (exact) mass is 338 g/mol. The Labute approximate surface area is 145 Å². The van der Waals surface area contributed by atoms with Gasteiger partial charge in [-0.3, -0.25) is 9.59 Å². The van der Waals surface area contributed by atoms with Crippen LogP contribution in [-0.2, 0) is 4.79 Å². The number of carbonyl (C=O) groups is 2. The zero-order chi connectivity index (χ0) is 17.4. The molecule has 0 saturated carbocycles. The summed E-state index contributed by atoms with van der Waals surface area (Å²) in [6.45, 7) is 1.84. The van der Waals surface area contributed by atoms with Crippen molar-refractivity contribution in [2.45, 2.75) is 12.8 Å². The van der Waals surface area contributed by atoms with Gasteiger partial charge in [-0.25, -0.2) is 4.39 Å². The summed E-state index contributed by atoms with van der Waals surface area (Å²) in [4.78, 5) is 28.7. The minimum Gasteiger partial charge on any atom is -0.338 e. The maximum Gasteiger partial charge on any atom is 0.253 e. The van der Waals surface area contributed by atoms with E-state index in [1.807, 2.05) is 35.2 Å². The second-order valence-electron chi connectivity index (χ2n) is 6.98. The van der Waals surface area contributed by atoms with Gasteiger partial charge in [-0.05, 0) is 42.8 Å². The smallest absolute Gasteiger partial charge is 0.253 e. The molecule has 128 valence electrons. The Morgan fingerprint density at radius 2 is 1.72 bits per heavy atom. The van der Waals surface area contributed by atoms with Crippen molar-refractivity contribution in [3.8, 4) is 0 Å². The number of amides is 2. The molecule has 1 spiro atoms. The first-order valence-electron chi connectivity index (χ1n) is 8.47. The van der Waals surface area contributed by atoms with Crippen LogP contribution in [0.5, 0.6) is 0 Å². The molecule has 2 aliphatic rings. The van der Waals surface area contributed by atoms with Crippen LogP contribution in [0.25, 0.3) is 0 Å². The lowest BCUT2D eigenvalue weighted by atomic mass is 9.86. The molecule has 4 nitrogen and oxygen atoms in total. The van der Waals surface area contributed by atoms with Gasteiger partial charge in [0.15, 0.2) is 0 Å². The molecule has 0 bridgehead atoms. The number of likely N-dealkylation sites (tertiary alicyclic amines) is 1. The molecule has 2 amide bonds. The Morgan fingerprint density at radius 1 is 1.00 bits per heavy atom. The average Bonchev–Trinajstić information content (AvgIpc) is 3.19. The number of hydrogen-bond acceptors (Lipinski definition) is 2. The van der Waals surface area contributed by atoms with Crippen LogP contribution in [-0.4, -0.2) is 36.3 Å². The van der Waals surface area contributed by atoms with Crippen LogP contribution in [0.3, 0.4) is 0 Å². The van der Waals surface area contributed by atoms with Crippen LogP contribution in [0.4, 0.5) is 10.1 Å². The summed E-state index contributed by atoms with van der Waals surface area (Å²) in [5.74, 6) is -0.334. The largest absolute Gasteiger partial charge is 0.338 e. The molecule has 2 aromatic rings. The van der Waals surface area contributed by atoms with Crippen LogP contribution in [0.15, 0.2) is 54.6 Å². The van der Waals surface area contributed by atoms with E-state index in [4.69, 9.17) is 0 Å². The summed E-state index contributed by atoms with van der Waals surface area (Å²) in [6, 6.07) is 15.3. The normalized spacial score (nSPS) is 22.8. The van der Waals surface area contributed by atoms with Crippen LogP contribution < -0.4 is 4.90 Å². The standard InChI is InChI=1S/C20H19FN2O2/c21-16-8-6-15(7-9-16)19(25)22-11-10-20(13-22)12-18(24)23(14-20)17-4-2-1-3-5-17/h1-9H,10-14H2/t20-/m1/s1. The van der Waals surface area contributed by atoms with Crippen LogP contribution >= 0.6 is 0 Å². The van der Waals surface area contributed by atoms with Crippen molar-refractivity contribution in [1.29, 1.82) is 0 Å². The molecule has 2 aliphatic heterocycles. The summed E-state index contributed by atoms with van der Waals surface area (Å²) in [5.41, 5.74) is 1.22. The van der Waals surface area contributed by atoms with Gasteiger partial charge < -0.3 is 9.80 Å². The molecule has 25 heavy (non-hydrogen) atoms. The highest BCUT2D eigenvalue weighted by atomic mass is 19.1. The predicted molar refractivity (Wildman–Crippen MR) is 92.8 cm³/mol. The molecule has 2 aromatic carbocycles. The number of para-hydroxylation sites is 1. The minimum absolute atomic E-state index is 0.0949. The molecule has 5 heteroatoms. The quantitative estimate of drug-likeness (QED) is 0.844. The van der Waals surface area contributed by atoms with Crippen LogP contribution in [0.1, 0.15) is 23.2 Å². The highest BCUT2D eigenvalue weighted by Gasteiger charge is 2.48. The maximum absolute atomic E-state index is 13.0. The minimum atomic E-state index is -0.352. The first-order chi connectivity index (χ1) is 12.1. The zero-order valence-corrected chi connectivity index (χ0v) is 13.8. The molecule has 0 N–H and O–H groups in total. The van der Waals surface area contributed by atoms with Crippen molar-refractivity contribution >= 4 is 17.5 Å². The van der Waals surface area contributed by atoms with Crippen molar-refractivity contribution in [2.75, 3.05) is 24.5 Å². The van der Waals surface area contributed by atoms with Crippen LogP contribution in [0.2, 0.25) is 0 Å². The number of nitrogens with zero attached hydrogens (tertiary/aromatic N) is 2. The Hall–Kier alpha value is -2.69. The first kappa shape index (κ1) is 15.8. The fraction of sp³-hybridized carbons (Fsp3) is 0.300. The number of benzene rings is 2. The zero-order valence-electron chi connectivity index (χ0n) is 13.8. The van der Waals surface area contributed by atoms with Crippen molar-refractivity contribution < 1.29 is 14.0 Å². The Balaban J connectivity index is 1.49. The summed E-state index contributed by atoms with van der Waals surface area (Å²) in [5, 5.41) is 0. The highest BCUT2D eigenvalue weighted by molar-refractivity contribution is 5.97. The van der Waals surface area contributed by atoms with E-state index < -0.39 is 0 Å². The summed E-state index contributed by atoms with van der Waals surface area (Å²) in [7, 11) is 0. The van der Waals surface area contributed by atoms with Gasteiger partial charge in [0.2, 0.25) is 5.91 Å². The van der Waals surface area contributed by atoms with E-state index in [0.717, 1.165) is 12.1 Å². The third kappa shape index (κ3) is 2.90. The third-order valence-electron chi connectivity index (χ3n) is 5.21. The fourth-order valence-corrected chi connectivity index (χ4v) is 3.90. The van der Waals surface area contributed by atoms with Gasteiger partial charge in [0, 0.05) is 42.7 Å². The van der Waals surface area contributed by atoms with Crippen LogP contribution in [0, 0.1) is 11.2 Å². The molecule has 2 saturated heterocycles. The number of halogens is 1. The van der Waals surface area contributed by atoms with Gasteiger partial charge >= 0.3 is 0 Å². The van der Waals surface area contributed by atoms with E-state index in [0.29, 0.717) is 31.6 Å². The summed E-state index contributed by atoms with van der Waals surface area (Å²) in [6.07, 6.45) is 1.28. The Bertz CT molecular complexity index is 806. The lowest BCUT2D eigenvalue weighted by Gasteiger charge is -2.24. The van der Waals surface area contributed by atoms with E-state index >= 15 is 0 Å². The van der Waals surface area contributed by atoms with E-state index in [-0.39, 0.29) is 23.0 Å². The summed E-state index contributed by atoms with van der Waals surface area (Å²) < 4.78 is 13.0. The third-order valence-corrected chi connectivity index (χ3v) is 5.21. The van der Waals surface area contributed by atoms with Gasteiger partial charge in [0.05, 0.1) is 0 Å². The van der Waals surface area contributed by atoms with Gasteiger partial charge in [-0.2, -0.15) is 0 Å². The Morgan fingerprint density at radius 3 is 2.44 bits per heavy atom. The predicted octanol–water partition coefficient (Wildman–Crippen LogP) is 3.09. The fourth-order valence-electron chi connectivity index (χ4n) is 3.90. The number of hydrogen-bond donors (Lipinski definition) is 0. The second kappa shape index (κ2) is 5.99. The first-order valence-corrected chi connectivity index (χ1v) is 8.47. The lowest BCUT2D eigenvalue weighted by Crippen LogP contribution is -2.34. The lowest BCUT2D eigenvalue weighted by molar-refractivity contribution is -0.117. The van der Waals surface area contributed by atoms with E-state index in [1.54, 1.807) is 4.90 Å². The van der Waals surface area contributed by atoms with Crippen molar-refractivity contribution in [1.82, 2.24) is 4.90 Å². The van der Waals surface area contributed by atoms with Crippen molar-refractivity contribution in [3.05, 3.63) is 66.0 Å². The molecule has 4 rings (SSSR count). The van der Waals surface area contributed by atoms with E-state index in [1.165, 1.54) is 24.3 Å². The molecule has 1 atom stereocenters. The second-order valence-corrected chi connectivity index (χ2v) is 6.98. The topological polar surface area (TPSA) is 40.6 Å². The number of rotatable bonds is 2. The number of carbonyl (C=O) groups excluding carboxylic acids is 2. The molecule has 2 fully saturated rings. The molecule has 0 aliphatic carbocycles. The average molecular weight is 338 g/mol. The van der Waals surface area contributed by atoms with Gasteiger partial charge in [-0.1, -0.05) is 18.2 Å². The molecular formula is C20H19FN2O2. The number of anilines is 1. The molecular weight excluding hydrogens is 319 g/mol. The molecule has 0 aromatic heterocycles. The SMILES string of the molecule is O=C(c1ccc(F)cc1)N1CC[C@@]2(CC(=O)N(c3ccccc3)C2)C1. The summed E-state index contributed by atoms with van der Waals surface area (Å²) >= 11 is 0. The molecule has 0 unspecified atom stereocenters. The van der Waals surface area contributed by atoms with Gasteiger partial charge in [-0.15, -0.1) is 0 Å². The van der Waals surface area contributed by atoms with E-state index in [9.17, 15) is 14.0 Å². The van der Waals surface area contributed by atoms with Crippen molar-refractivity contribution in [3.63, 3.8) is 0 Å². The molecule has 2 heterocycles.